The zero-order valence-corrected chi connectivity index (χ0v) is 17.0. The Hall–Kier alpha value is -2.68. The summed E-state index contributed by atoms with van der Waals surface area (Å²) in [6.07, 6.45) is 1.73. The number of ether oxygens (including phenoxy) is 1. The minimum Gasteiger partial charge on any atom is -0.378 e. The molecule has 3 rings (SSSR count). The standard InChI is InChI=1S/C20H28N4O5/c1-3-29-17-6-8-23(9-7-17)20(26)16-4-5-18(19(14-16)24(27)28)22-12-10-21(11-13-22)15(2)25/h4-5,14,17H,3,6-13H2,1-2H3. The fourth-order valence-corrected chi connectivity index (χ4v) is 3.98. The van der Waals surface area contributed by atoms with Crippen LogP contribution in [0.4, 0.5) is 11.4 Å². The molecule has 1 aromatic carbocycles. The van der Waals surface area contributed by atoms with Gasteiger partial charge in [0.05, 0.1) is 11.0 Å². The molecule has 0 radical (unpaired) electrons. The zero-order valence-electron chi connectivity index (χ0n) is 17.0. The summed E-state index contributed by atoms with van der Waals surface area (Å²) < 4.78 is 5.62. The van der Waals surface area contributed by atoms with Gasteiger partial charge in [-0.05, 0) is 31.9 Å². The molecule has 0 spiro atoms. The number of benzene rings is 1. The fourth-order valence-electron chi connectivity index (χ4n) is 3.98. The number of hydrogen-bond acceptors (Lipinski definition) is 6. The molecule has 2 saturated heterocycles. The molecule has 2 aliphatic rings. The van der Waals surface area contributed by atoms with Crippen molar-refractivity contribution >= 4 is 23.2 Å². The van der Waals surface area contributed by atoms with E-state index in [1.165, 1.54) is 13.0 Å². The lowest BCUT2D eigenvalue weighted by Crippen LogP contribution is -2.48. The molecule has 29 heavy (non-hydrogen) atoms. The average molecular weight is 404 g/mol. The summed E-state index contributed by atoms with van der Waals surface area (Å²) >= 11 is 0. The Morgan fingerprint density at radius 1 is 1.10 bits per heavy atom. The average Bonchev–Trinajstić information content (AvgIpc) is 2.73. The molecule has 2 aliphatic heterocycles. The normalized spacial score (nSPS) is 18.1. The molecular weight excluding hydrogens is 376 g/mol. The van der Waals surface area contributed by atoms with Crippen molar-refractivity contribution in [2.24, 2.45) is 0 Å². The van der Waals surface area contributed by atoms with Gasteiger partial charge in [0.2, 0.25) is 5.91 Å². The lowest BCUT2D eigenvalue weighted by molar-refractivity contribution is -0.384. The van der Waals surface area contributed by atoms with Crippen LogP contribution in [0.5, 0.6) is 0 Å². The highest BCUT2D eigenvalue weighted by Crippen LogP contribution is 2.31. The second-order valence-corrected chi connectivity index (χ2v) is 7.40. The predicted octanol–water partition coefficient (Wildman–Crippen LogP) is 1.90. The van der Waals surface area contributed by atoms with Gasteiger partial charge in [-0.2, -0.15) is 0 Å². The van der Waals surface area contributed by atoms with Crippen LogP contribution in [-0.2, 0) is 9.53 Å². The number of rotatable bonds is 5. The third-order valence-electron chi connectivity index (χ3n) is 5.62. The highest BCUT2D eigenvalue weighted by atomic mass is 16.6. The number of nitro benzene ring substituents is 1. The maximum absolute atomic E-state index is 12.8. The summed E-state index contributed by atoms with van der Waals surface area (Å²) in [6.45, 7) is 7.43. The highest BCUT2D eigenvalue weighted by Gasteiger charge is 2.28. The van der Waals surface area contributed by atoms with E-state index in [4.69, 9.17) is 4.74 Å². The Bertz CT molecular complexity index is 768. The monoisotopic (exact) mass is 404 g/mol. The van der Waals surface area contributed by atoms with Gasteiger partial charge < -0.3 is 19.4 Å². The first-order chi connectivity index (χ1) is 13.9. The number of piperazine rings is 1. The maximum atomic E-state index is 12.8. The first-order valence-electron chi connectivity index (χ1n) is 10.1. The van der Waals surface area contributed by atoms with Crippen LogP contribution >= 0.6 is 0 Å². The summed E-state index contributed by atoms with van der Waals surface area (Å²) in [4.78, 5) is 40.9. The van der Waals surface area contributed by atoms with Crippen LogP contribution < -0.4 is 4.90 Å². The molecule has 158 valence electrons. The van der Waals surface area contributed by atoms with Crippen LogP contribution in [0.3, 0.4) is 0 Å². The lowest BCUT2D eigenvalue weighted by atomic mass is 10.1. The number of nitro groups is 1. The second-order valence-electron chi connectivity index (χ2n) is 7.40. The Morgan fingerprint density at radius 3 is 2.31 bits per heavy atom. The first-order valence-corrected chi connectivity index (χ1v) is 10.1. The number of nitrogens with zero attached hydrogens (tertiary/aromatic N) is 4. The van der Waals surface area contributed by atoms with Crippen LogP contribution in [-0.4, -0.2) is 78.5 Å². The second kappa shape index (κ2) is 9.21. The van der Waals surface area contributed by atoms with E-state index in [-0.39, 0.29) is 23.6 Å². The maximum Gasteiger partial charge on any atom is 0.293 e. The van der Waals surface area contributed by atoms with Crippen molar-refractivity contribution in [2.75, 3.05) is 50.8 Å². The van der Waals surface area contributed by atoms with Gasteiger partial charge in [-0.1, -0.05) is 0 Å². The molecule has 2 heterocycles. The minimum atomic E-state index is -0.440. The molecule has 0 bridgehead atoms. The van der Waals surface area contributed by atoms with Gasteiger partial charge in [-0.25, -0.2) is 0 Å². The van der Waals surface area contributed by atoms with E-state index >= 15 is 0 Å². The quantitative estimate of drug-likeness (QED) is 0.549. The molecule has 0 N–H and O–H groups in total. The van der Waals surface area contributed by atoms with E-state index in [0.29, 0.717) is 57.1 Å². The summed E-state index contributed by atoms with van der Waals surface area (Å²) in [7, 11) is 0. The van der Waals surface area contributed by atoms with E-state index in [1.54, 1.807) is 21.9 Å². The number of anilines is 1. The van der Waals surface area contributed by atoms with Crippen LogP contribution in [0.25, 0.3) is 0 Å². The van der Waals surface area contributed by atoms with Crippen molar-refractivity contribution < 1.29 is 19.2 Å². The number of amides is 2. The molecule has 9 heteroatoms. The van der Waals surface area contributed by atoms with Gasteiger partial charge >= 0.3 is 0 Å². The topological polar surface area (TPSA) is 96.2 Å². The van der Waals surface area contributed by atoms with E-state index in [9.17, 15) is 19.7 Å². The van der Waals surface area contributed by atoms with Crippen molar-refractivity contribution in [1.29, 1.82) is 0 Å². The molecule has 2 amide bonds. The third kappa shape index (κ3) is 4.84. The van der Waals surface area contributed by atoms with Gasteiger partial charge in [-0.15, -0.1) is 0 Å². The number of carbonyl (C=O) groups is 2. The van der Waals surface area contributed by atoms with Crippen LogP contribution in [0, 0.1) is 10.1 Å². The van der Waals surface area contributed by atoms with Crippen molar-refractivity contribution in [2.45, 2.75) is 32.8 Å². The van der Waals surface area contributed by atoms with Gasteiger partial charge in [0.1, 0.15) is 5.69 Å². The molecule has 0 aromatic heterocycles. The van der Waals surface area contributed by atoms with Crippen molar-refractivity contribution in [3.63, 3.8) is 0 Å². The number of hydrogen-bond donors (Lipinski definition) is 0. The molecule has 1 aromatic rings. The van der Waals surface area contributed by atoms with E-state index in [1.807, 2.05) is 11.8 Å². The summed E-state index contributed by atoms with van der Waals surface area (Å²) in [6, 6.07) is 4.70. The van der Waals surface area contributed by atoms with Gasteiger partial charge in [0.15, 0.2) is 0 Å². The molecule has 2 fully saturated rings. The fraction of sp³-hybridized carbons (Fsp3) is 0.600. The number of piperidine rings is 1. The summed E-state index contributed by atoms with van der Waals surface area (Å²) in [5.74, 6) is -0.177. The molecule has 9 nitrogen and oxygen atoms in total. The smallest absolute Gasteiger partial charge is 0.293 e. The van der Waals surface area contributed by atoms with Crippen LogP contribution in [0.2, 0.25) is 0 Å². The Kier molecular flexibility index (Phi) is 6.68. The minimum absolute atomic E-state index is 0.00759. The largest absolute Gasteiger partial charge is 0.378 e. The Morgan fingerprint density at radius 2 is 1.76 bits per heavy atom. The van der Waals surface area contributed by atoms with Gasteiger partial charge in [-0.3, -0.25) is 19.7 Å². The first kappa shape index (κ1) is 21.0. The lowest BCUT2D eigenvalue weighted by Gasteiger charge is -2.35. The third-order valence-corrected chi connectivity index (χ3v) is 5.62. The summed E-state index contributed by atoms with van der Waals surface area (Å²) in [5.41, 5.74) is 0.749. The molecule has 0 unspecified atom stereocenters. The predicted molar refractivity (Wildman–Crippen MR) is 108 cm³/mol. The van der Waals surface area contributed by atoms with Gasteiger partial charge in [0.25, 0.3) is 11.6 Å². The van der Waals surface area contributed by atoms with Crippen molar-refractivity contribution in [3.8, 4) is 0 Å². The molecule has 0 saturated carbocycles. The number of likely N-dealkylation sites (tertiary alicyclic amines) is 1. The Labute approximate surface area is 170 Å². The molecular formula is C20H28N4O5. The Balaban J connectivity index is 1.72. The highest BCUT2D eigenvalue weighted by molar-refractivity contribution is 5.96. The summed E-state index contributed by atoms with van der Waals surface area (Å²) in [5, 5.41) is 11.7. The van der Waals surface area contributed by atoms with Gasteiger partial charge in [0, 0.05) is 64.4 Å². The zero-order chi connectivity index (χ0) is 21.0. The van der Waals surface area contributed by atoms with Crippen molar-refractivity contribution in [3.05, 3.63) is 33.9 Å². The molecule has 0 atom stereocenters. The number of carbonyl (C=O) groups excluding carboxylic acids is 2. The van der Waals surface area contributed by atoms with E-state index in [0.717, 1.165) is 12.8 Å². The van der Waals surface area contributed by atoms with Crippen LogP contribution in [0.1, 0.15) is 37.0 Å². The van der Waals surface area contributed by atoms with Crippen molar-refractivity contribution in [1.82, 2.24) is 9.80 Å². The SMILES string of the molecule is CCOC1CCN(C(=O)c2ccc(N3CCN(C(C)=O)CC3)c([N+](=O)[O-])c2)CC1. The molecule has 0 aliphatic carbocycles. The van der Waals surface area contributed by atoms with E-state index < -0.39 is 4.92 Å². The van der Waals surface area contributed by atoms with E-state index in [2.05, 4.69) is 0 Å². The van der Waals surface area contributed by atoms with Crippen LogP contribution in [0.15, 0.2) is 18.2 Å².